The normalized spacial score (nSPS) is 13.2. The van der Waals surface area contributed by atoms with Gasteiger partial charge in [0, 0.05) is 6.20 Å². The fraction of sp³-hybridized carbons (Fsp3) is 0.214. The second-order valence-electron chi connectivity index (χ2n) is 4.58. The fourth-order valence-electron chi connectivity index (χ4n) is 2.14. The zero-order chi connectivity index (χ0) is 15.6. The number of hydrogen-bond acceptors (Lipinski definition) is 3. The molecule has 21 heavy (non-hydrogen) atoms. The Bertz CT molecular complexity index is 644. The highest BCUT2D eigenvalue weighted by atomic mass is 35.5. The summed E-state index contributed by atoms with van der Waals surface area (Å²) in [5, 5.41) is 0.289. The van der Waals surface area contributed by atoms with Gasteiger partial charge in [-0.05, 0) is 47.9 Å². The summed E-state index contributed by atoms with van der Waals surface area (Å²) in [4.78, 5) is 3.87. The summed E-state index contributed by atoms with van der Waals surface area (Å²) < 4.78 is 38.1. The van der Waals surface area contributed by atoms with Gasteiger partial charge in [0.05, 0.1) is 11.6 Å². The molecule has 0 fully saturated rings. The Balaban J connectivity index is 2.44. The number of pyridine rings is 1. The van der Waals surface area contributed by atoms with E-state index >= 15 is 0 Å². The highest BCUT2D eigenvalue weighted by molar-refractivity contribution is 6.29. The lowest BCUT2D eigenvalue weighted by Crippen LogP contribution is -2.29. The minimum Gasteiger partial charge on any atom is -0.271 e. The highest BCUT2D eigenvalue weighted by Gasteiger charge is 2.31. The lowest BCUT2D eigenvalue weighted by atomic mass is 9.94. The fourth-order valence-corrected chi connectivity index (χ4v) is 2.32. The van der Waals surface area contributed by atoms with Crippen LogP contribution in [0.15, 0.2) is 36.5 Å². The Hall–Kier alpha value is -1.63. The first-order valence-electron chi connectivity index (χ1n) is 6.08. The third-order valence-electron chi connectivity index (χ3n) is 3.16. The van der Waals surface area contributed by atoms with Crippen molar-refractivity contribution in [2.45, 2.75) is 19.1 Å². The van der Waals surface area contributed by atoms with Crippen LogP contribution in [0, 0.1) is 6.92 Å². The van der Waals surface area contributed by atoms with E-state index in [-0.39, 0.29) is 5.15 Å². The van der Waals surface area contributed by atoms with Crippen molar-refractivity contribution in [1.82, 2.24) is 10.4 Å². The van der Waals surface area contributed by atoms with Crippen molar-refractivity contribution in [3.8, 4) is 0 Å². The summed E-state index contributed by atoms with van der Waals surface area (Å²) in [6.07, 6.45) is -2.85. The van der Waals surface area contributed by atoms with E-state index in [0.717, 1.165) is 17.7 Å². The van der Waals surface area contributed by atoms with Crippen LogP contribution in [-0.2, 0) is 6.18 Å². The van der Waals surface area contributed by atoms with Crippen LogP contribution in [0.3, 0.4) is 0 Å². The number of nitrogens with zero attached hydrogens (tertiary/aromatic N) is 1. The van der Waals surface area contributed by atoms with Gasteiger partial charge in [-0.15, -0.1) is 0 Å². The maximum absolute atomic E-state index is 12.7. The number of nitrogens with one attached hydrogen (secondary N) is 1. The smallest absolute Gasteiger partial charge is 0.271 e. The first-order valence-corrected chi connectivity index (χ1v) is 6.46. The molecule has 0 saturated heterocycles. The molecule has 7 heteroatoms. The molecule has 0 spiro atoms. The number of aromatic nitrogens is 1. The SMILES string of the molecule is Cc1cc(C(F)(F)F)ccc1C(NN)c1ccnc(Cl)c1. The Labute approximate surface area is 124 Å². The molecule has 0 bridgehead atoms. The monoisotopic (exact) mass is 315 g/mol. The number of nitrogens with two attached hydrogens (primary N) is 1. The molecule has 2 aromatic rings. The van der Waals surface area contributed by atoms with Gasteiger partial charge in [0.1, 0.15) is 5.15 Å². The van der Waals surface area contributed by atoms with Gasteiger partial charge in [0.15, 0.2) is 0 Å². The van der Waals surface area contributed by atoms with Crippen molar-refractivity contribution in [3.63, 3.8) is 0 Å². The molecule has 3 nitrogen and oxygen atoms in total. The van der Waals surface area contributed by atoms with E-state index in [1.165, 1.54) is 12.3 Å². The van der Waals surface area contributed by atoms with Gasteiger partial charge in [-0.25, -0.2) is 10.4 Å². The maximum atomic E-state index is 12.7. The van der Waals surface area contributed by atoms with E-state index in [1.54, 1.807) is 19.1 Å². The van der Waals surface area contributed by atoms with Gasteiger partial charge in [-0.3, -0.25) is 5.84 Å². The van der Waals surface area contributed by atoms with Crippen LogP contribution < -0.4 is 11.3 Å². The number of alkyl halides is 3. The lowest BCUT2D eigenvalue weighted by molar-refractivity contribution is -0.137. The molecule has 1 unspecified atom stereocenters. The molecule has 2 rings (SSSR count). The Morgan fingerprint density at radius 1 is 1.24 bits per heavy atom. The number of hydrogen-bond donors (Lipinski definition) is 2. The summed E-state index contributed by atoms with van der Waals surface area (Å²) in [5.74, 6) is 5.54. The second-order valence-corrected chi connectivity index (χ2v) is 4.97. The summed E-state index contributed by atoms with van der Waals surface area (Å²) in [7, 11) is 0. The third-order valence-corrected chi connectivity index (χ3v) is 3.37. The van der Waals surface area contributed by atoms with Crippen molar-refractivity contribution >= 4 is 11.6 Å². The van der Waals surface area contributed by atoms with Crippen molar-refractivity contribution in [2.24, 2.45) is 5.84 Å². The first-order chi connectivity index (χ1) is 9.82. The molecule has 0 aliphatic heterocycles. The van der Waals surface area contributed by atoms with E-state index in [1.807, 2.05) is 0 Å². The third kappa shape index (κ3) is 3.53. The van der Waals surface area contributed by atoms with Gasteiger partial charge < -0.3 is 0 Å². The molecule has 1 aromatic heterocycles. The topological polar surface area (TPSA) is 50.9 Å². The minimum atomic E-state index is -4.37. The first kappa shape index (κ1) is 15.8. The zero-order valence-electron chi connectivity index (χ0n) is 11.1. The van der Waals surface area contributed by atoms with Crippen LogP contribution >= 0.6 is 11.6 Å². The van der Waals surface area contributed by atoms with E-state index in [0.29, 0.717) is 11.1 Å². The average molecular weight is 316 g/mol. The largest absolute Gasteiger partial charge is 0.416 e. The molecule has 1 atom stereocenters. The van der Waals surface area contributed by atoms with Crippen molar-refractivity contribution in [3.05, 3.63) is 63.9 Å². The van der Waals surface area contributed by atoms with Crippen LogP contribution in [0.25, 0.3) is 0 Å². The summed E-state index contributed by atoms with van der Waals surface area (Å²) in [5.41, 5.74) is 3.76. The van der Waals surface area contributed by atoms with Crippen LogP contribution in [0.1, 0.15) is 28.3 Å². The van der Waals surface area contributed by atoms with E-state index < -0.39 is 17.8 Å². The van der Waals surface area contributed by atoms with Crippen LogP contribution in [0.5, 0.6) is 0 Å². The summed E-state index contributed by atoms with van der Waals surface area (Å²) in [6, 6.07) is 6.40. The quantitative estimate of drug-likeness (QED) is 0.517. The Morgan fingerprint density at radius 2 is 1.95 bits per heavy atom. The van der Waals surface area contributed by atoms with E-state index in [9.17, 15) is 13.2 Å². The molecule has 3 N–H and O–H groups in total. The van der Waals surface area contributed by atoms with Gasteiger partial charge in [-0.1, -0.05) is 17.7 Å². The zero-order valence-corrected chi connectivity index (χ0v) is 11.8. The van der Waals surface area contributed by atoms with Gasteiger partial charge in [-0.2, -0.15) is 13.2 Å². The van der Waals surface area contributed by atoms with Crippen LogP contribution in [0.4, 0.5) is 13.2 Å². The van der Waals surface area contributed by atoms with Gasteiger partial charge in [0.2, 0.25) is 0 Å². The number of rotatable bonds is 3. The number of benzene rings is 1. The van der Waals surface area contributed by atoms with Crippen LogP contribution in [0.2, 0.25) is 5.15 Å². The predicted octanol–water partition coefficient (Wildman–Crippen LogP) is 3.61. The molecular weight excluding hydrogens is 303 g/mol. The highest BCUT2D eigenvalue weighted by Crippen LogP contribution is 2.33. The van der Waals surface area contributed by atoms with Crippen LogP contribution in [-0.4, -0.2) is 4.98 Å². The molecule has 0 aliphatic rings. The predicted molar refractivity (Wildman–Crippen MR) is 74.6 cm³/mol. The number of hydrazine groups is 1. The molecule has 0 amide bonds. The molecule has 1 aromatic carbocycles. The van der Waals surface area contributed by atoms with Crippen molar-refractivity contribution < 1.29 is 13.2 Å². The maximum Gasteiger partial charge on any atom is 0.416 e. The Kier molecular flexibility index (Phi) is 4.51. The molecule has 0 aliphatic carbocycles. The lowest BCUT2D eigenvalue weighted by Gasteiger charge is -2.20. The average Bonchev–Trinajstić information content (AvgIpc) is 2.40. The number of aryl methyl sites for hydroxylation is 1. The van der Waals surface area contributed by atoms with E-state index in [2.05, 4.69) is 10.4 Å². The minimum absolute atomic E-state index is 0.289. The second kappa shape index (κ2) is 6.01. The molecule has 0 saturated carbocycles. The molecule has 0 radical (unpaired) electrons. The van der Waals surface area contributed by atoms with E-state index in [4.69, 9.17) is 17.4 Å². The van der Waals surface area contributed by atoms with Crippen molar-refractivity contribution in [1.29, 1.82) is 0 Å². The van der Waals surface area contributed by atoms with Gasteiger partial charge >= 0.3 is 6.18 Å². The molecule has 1 heterocycles. The van der Waals surface area contributed by atoms with Gasteiger partial charge in [0.25, 0.3) is 0 Å². The summed E-state index contributed by atoms with van der Waals surface area (Å²) in [6.45, 7) is 1.61. The molecule has 112 valence electrons. The number of halogens is 4. The van der Waals surface area contributed by atoms with Crippen molar-refractivity contribution in [2.75, 3.05) is 0 Å². The summed E-state index contributed by atoms with van der Waals surface area (Å²) >= 11 is 5.83. The molecular formula is C14H13ClF3N3. The standard InChI is InChI=1S/C14H13ClF3N3/c1-8-6-10(14(16,17)18)2-3-11(8)13(21-19)9-4-5-20-12(15)7-9/h2-7,13,21H,19H2,1H3. The Morgan fingerprint density at radius 3 is 2.48 bits per heavy atom.